The molecule has 2 fully saturated rings. The lowest BCUT2D eigenvalue weighted by molar-refractivity contribution is -0.126. The SMILES string of the molecule is O=C(NCc1ccc(C(=O)N2CCCC2)cc1)C1CCN(S(=O)(=O)c2cc(F)ccc2F)CC1. The molecule has 0 radical (unpaired) electrons. The minimum Gasteiger partial charge on any atom is -0.352 e. The second-order valence-corrected chi connectivity index (χ2v) is 10.6. The smallest absolute Gasteiger partial charge is 0.253 e. The Morgan fingerprint density at radius 3 is 2.24 bits per heavy atom. The van der Waals surface area contributed by atoms with Crippen LogP contribution in [-0.4, -0.2) is 55.6 Å². The number of nitrogens with one attached hydrogen (secondary N) is 1. The molecule has 10 heteroatoms. The van der Waals surface area contributed by atoms with E-state index in [1.54, 1.807) is 12.1 Å². The molecule has 4 rings (SSSR count). The number of piperidine rings is 1. The van der Waals surface area contributed by atoms with Crippen LogP contribution in [0.15, 0.2) is 47.4 Å². The van der Waals surface area contributed by atoms with E-state index in [-0.39, 0.29) is 43.7 Å². The highest BCUT2D eigenvalue weighted by Gasteiger charge is 2.33. The summed E-state index contributed by atoms with van der Waals surface area (Å²) in [6.45, 7) is 1.96. The zero-order valence-corrected chi connectivity index (χ0v) is 19.5. The number of carbonyl (C=O) groups excluding carboxylic acids is 2. The van der Waals surface area contributed by atoms with Crippen LogP contribution in [0, 0.1) is 17.6 Å². The average molecular weight is 492 g/mol. The monoisotopic (exact) mass is 491 g/mol. The number of hydrogen-bond acceptors (Lipinski definition) is 4. The largest absolute Gasteiger partial charge is 0.352 e. The fourth-order valence-corrected chi connectivity index (χ4v) is 5.92. The van der Waals surface area contributed by atoms with Crippen LogP contribution in [0.2, 0.25) is 0 Å². The van der Waals surface area contributed by atoms with Gasteiger partial charge >= 0.3 is 0 Å². The van der Waals surface area contributed by atoms with Crippen molar-refractivity contribution in [2.45, 2.75) is 37.1 Å². The number of halogens is 2. The van der Waals surface area contributed by atoms with E-state index < -0.39 is 26.6 Å². The van der Waals surface area contributed by atoms with Gasteiger partial charge < -0.3 is 10.2 Å². The molecule has 2 aliphatic rings. The molecule has 7 nitrogen and oxygen atoms in total. The van der Waals surface area contributed by atoms with E-state index in [9.17, 15) is 26.8 Å². The van der Waals surface area contributed by atoms with Crippen molar-refractivity contribution in [1.82, 2.24) is 14.5 Å². The van der Waals surface area contributed by atoms with Gasteiger partial charge in [-0.1, -0.05) is 12.1 Å². The minimum absolute atomic E-state index is 0.0212. The molecular weight excluding hydrogens is 464 g/mol. The molecule has 1 N–H and O–H groups in total. The Morgan fingerprint density at radius 1 is 0.941 bits per heavy atom. The predicted octanol–water partition coefficient (Wildman–Crippen LogP) is 2.92. The lowest BCUT2D eigenvalue weighted by Crippen LogP contribution is -2.43. The topological polar surface area (TPSA) is 86.8 Å². The van der Waals surface area contributed by atoms with Crippen molar-refractivity contribution in [3.63, 3.8) is 0 Å². The van der Waals surface area contributed by atoms with Gasteiger partial charge in [0.1, 0.15) is 16.5 Å². The van der Waals surface area contributed by atoms with Crippen molar-refractivity contribution in [3.05, 3.63) is 65.2 Å². The van der Waals surface area contributed by atoms with Crippen LogP contribution >= 0.6 is 0 Å². The van der Waals surface area contributed by atoms with Crippen molar-refractivity contribution < 1.29 is 26.8 Å². The molecule has 0 aliphatic carbocycles. The van der Waals surface area contributed by atoms with Gasteiger partial charge in [-0.15, -0.1) is 0 Å². The first-order chi connectivity index (χ1) is 16.3. The van der Waals surface area contributed by atoms with Crippen LogP contribution in [0.3, 0.4) is 0 Å². The van der Waals surface area contributed by atoms with Crippen molar-refractivity contribution >= 4 is 21.8 Å². The van der Waals surface area contributed by atoms with Crippen LogP contribution in [0.5, 0.6) is 0 Å². The fraction of sp³-hybridized carbons (Fsp3) is 0.417. The molecule has 2 aromatic carbocycles. The van der Waals surface area contributed by atoms with E-state index in [0.29, 0.717) is 18.2 Å². The zero-order chi connectivity index (χ0) is 24.3. The Kier molecular flexibility index (Phi) is 7.27. The number of amides is 2. The maximum absolute atomic E-state index is 14.0. The molecular formula is C24H27F2N3O4S. The molecule has 2 saturated heterocycles. The second-order valence-electron chi connectivity index (χ2n) is 8.67. The van der Waals surface area contributed by atoms with Gasteiger partial charge in [-0.25, -0.2) is 17.2 Å². The van der Waals surface area contributed by atoms with Crippen LogP contribution in [0.4, 0.5) is 8.78 Å². The van der Waals surface area contributed by atoms with Gasteiger partial charge in [0.2, 0.25) is 15.9 Å². The molecule has 182 valence electrons. The molecule has 0 atom stereocenters. The van der Waals surface area contributed by atoms with Crippen LogP contribution < -0.4 is 5.32 Å². The molecule has 0 unspecified atom stereocenters. The van der Waals surface area contributed by atoms with Crippen molar-refractivity contribution in [2.24, 2.45) is 5.92 Å². The van der Waals surface area contributed by atoms with Crippen molar-refractivity contribution in [2.75, 3.05) is 26.2 Å². The Bertz CT molecular complexity index is 1160. The highest BCUT2D eigenvalue weighted by atomic mass is 32.2. The summed E-state index contributed by atoms with van der Waals surface area (Å²) in [4.78, 5) is 26.2. The lowest BCUT2D eigenvalue weighted by atomic mass is 9.97. The first-order valence-electron chi connectivity index (χ1n) is 11.4. The predicted molar refractivity (Wildman–Crippen MR) is 121 cm³/mol. The number of likely N-dealkylation sites (tertiary alicyclic amines) is 1. The number of carbonyl (C=O) groups is 2. The van der Waals surface area contributed by atoms with Gasteiger partial charge in [0.05, 0.1) is 0 Å². The Morgan fingerprint density at radius 2 is 1.59 bits per heavy atom. The molecule has 0 saturated carbocycles. The third-order valence-corrected chi connectivity index (χ3v) is 8.31. The summed E-state index contributed by atoms with van der Waals surface area (Å²) in [7, 11) is -4.18. The van der Waals surface area contributed by atoms with Crippen LogP contribution in [0.25, 0.3) is 0 Å². The van der Waals surface area contributed by atoms with Gasteiger partial charge in [0.25, 0.3) is 5.91 Å². The van der Waals surface area contributed by atoms with Crippen molar-refractivity contribution in [1.29, 1.82) is 0 Å². The number of nitrogens with zero attached hydrogens (tertiary/aromatic N) is 2. The summed E-state index contributed by atoms with van der Waals surface area (Å²) in [6.07, 6.45) is 2.63. The third kappa shape index (κ3) is 5.28. The third-order valence-electron chi connectivity index (χ3n) is 6.40. The van der Waals surface area contributed by atoms with E-state index >= 15 is 0 Å². The van der Waals surface area contributed by atoms with Crippen LogP contribution in [-0.2, 0) is 21.4 Å². The van der Waals surface area contributed by atoms with E-state index in [0.717, 1.165) is 47.9 Å². The highest BCUT2D eigenvalue weighted by molar-refractivity contribution is 7.89. The quantitative estimate of drug-likeness (QED) is 0.673. The van der Waals surface area contributed by atoms with Crippen molar-refractivity contribution in [3.8, 4) is 0 Å². The standard InChI is InChI=1S/C24H27F2N3O4S/c25-20-7-8-21(26)22(15-20)34(32,33)29-13-9-18(10-14-29)23(30)27-16-17-3-5-19(6-4-17)24(31)28-11-1-2-12-28/h3-8,15,18H,1-2,9-14,16H2,(H,27,30). The maximum atomic E-state index is 14.0. The summed E-state index contributed by atoms with van der Waals surface area (Å²) in [5.41, 5.74) is 1.48. The minimum atomic E-state index is -4.18. The Labute approximate surface area is 197 Å². The zero-order valence-electron chi connectivity index (χ0n) is 18.7. The first kappa shape index (κ1) is 24.3. The molecule has 0 bridgehead atoms. The molecule has 2 amide bonds. The molecule has 2 aromatic rings. The van der Waals surface area contributed by atoms with E-state index in [4.69, 9.17) is 0 Å². The number of rotatable bonds is 6. The van der Waals surface area contributed by atoms with Gasteiger partial charge in [-0.2, -0.15) is 4.31 Å². The normalized spacial score (nSPS) is 17.6. The van der Waals surface area contributed by atoms with Crippen LogP contribution in [0.1, 0.15) is 41.6 Å². The summed E-state index contributed by atoms with van der Waals surface area (Å²) in [5, 5.41) is 2.86. The molecule has 0 aromatic heterocycles. The molecule has 0 spiro atoms. The highest BCUT2D eigenvalue weighted by Crippen LogP contribution is 2.26. The van der Waals surface area contributed by atoms with E-state index in [1.807, 2.05) is 17.0 Å². The van der Waals surface area contributed by atoms with Gasteiger partial charge in [0.15, 0.2) is 0 Å². The Balaban J connectivity index is 1.28. The average Bonchev–Trinajstić information content (AvgIpc) is 3.39. The molecule has 34 heavy (non-hydrogen) atoms. The molecule has 2 heterocycles. The van der Waals surface area contributed by atoms with Gasteiger partial charge in [-0.05, 0) is 61.6 Å². The van der Waals surface area contributed by atoms with E-state index in [2.05, 4.69) is 5.32 Å². The Hall–Kier alpha value is -2.85. The summed E-state index contributed by atoms with van der Waals surface area (Å²) < 4.78 is 53.9. The maximum Gasteiger partial charge on any atom is 0.253 e. The fourth-order valence-electron chi connectivity index (χ4n) is 4.37. The lowest BCUT2D eigenvalue weighted by Gasteiger charge is -2.30. The number of hydrogen-bond donors (Lipinski definition) is 1. The van der Waals surface area contributed by atoms with Gasteiger partial charge in [0, 0.05) is 44.2 Å². The molecule has 2 aliphatic heterocycles. The van der Waals surface area contributed by atoms with E-state index in [1.165, 1.54) is 0 Å². The second kappa shape index (κ2) is 10.2. The first-order valence-corrected chi connectivity index (χ1v) is 12.8. The summed E-state index contributed by atoms with van der Waals surface area (Å²) >= 11 is 0. The van der Waals surface area contributed by atoms with Gasteiger partial charge in [-0.3, -0.25) is 9.59 Å². The summed E-state index contributed by atoms with van der Waals surface area (Å²) in [5.74, 6) is -2.38. The number of benzene rings is 2. The number of sulfonamides is 1. The summed E-state index contributed by atoms with van der Waals surface area (Å²) in [6, 6.07) is 9.47.